The Morgan fingerprint density at radius 3 is 2.20 bits per heavy atom. The molecule has 2 N–H and O–H groups in total. The Balaban J connectivity index is 0.000000162. The SMILES string of the molecule is [O]=[Cr](=[O])([OH])[Cl].c1c[nH]cn1. The monoisotopic (exact) mass is 204 g/mol. The molecular weight excluding hydrogens is 199 g/mol. The summed E-state index contributed by atoms with van der Waals surface area (Å²) in [6, 6.07) is 0. The number of H-pyrrole nitrogens is 1. The largest absolute Gasteiger partial charge is 0.351 e. The summed E-state index contributed by atoms with van der Waals surface area (Å²) in [6.45, 7) is 0. The van der Waals surface area contributed by atoms with Gasteiger partial charge >= 0.3 is 34.2 Å². The van der Waals surface area contributed by atoms with Crippen molar-refractivity contribution in [3.05, 3.63) is 18.7 Å². The van der Waals surface area contributed by atoms with Gasteiger partial charge in [-0.2, -0.15) is 0 Å². The van der Waals surface area contributed by atoms with Crippen LogP contribution in [0.4, 0.5) is 0 Å². The molecule has 0 unspecified atom stereocenters. The van der Waals surface area contributed by atoms with Gasteiger partial charge in [0, 0.05) is 12.4 Å². The van der Waals surface area contributed by atoms with Crippen molar-refractivity contribution in [3.63, 3.8) is 0 Å². The Labute approximate surface area is 63.3 Å². The molecule has 0 aliphatic heterocycles. The van der Waals surface area contributed by atoms with Crippen molar-refractivity contribution < 1.29 is 24.1 Å². The average molecular weight is 205 g/mol. The second-order valence-corrected chi connectivity index (χ2v) is 4.07. The van der Waals surface area contributed by atoms with Gasteiger partial charge in [0.25, 0.3) is 0 Å². The van der Waals surface area contributed by atoms with E-state index in [0.29, 0.717) is 0 Å². The van der Waals surface area contributed by atoms with Crippen molar-refractivity contribution in [2.45, 2.75) is 0 Å². The van der Waals surface area contributed by atoms with E-state index in [9.17, 15) is 0 Å². The summed E-state index contributed by atoms with van der Waals surface area (Å²) >= 11 is -4.78. The van der Waals surface area contributed by atoms with Crippen LogP contribution in [0.2, 0.25) is 0 Å². The zero-order valence-corrected chi connectivity index (χ0v) is 6.76. The average Bonchev–Trinajstić information content (AvgIpc) is 2.07. The zero-order chi connectivity index (χ0) is 8.04. The standard InChI is InChI=1S/C3H4N2.ClH.Cr.H2O.2O/c1-2-5-3-4-1;;;;;/h1-3H,(H,4,5);1H;;1H2;;/q;;+2;;;/p-2. The van der Waals surface area contributed by atoms with E-state index in [4.69, 9.17) is 11.8 Å². The third-order valence-electron chi connectivity index (χ3n) is 0.406. The van der Waals surface area contributed by atoms with Gasteiger partial charge in [0.2, 0.25) is 0 Å². The first-order valence-electron chi connectivity index (χ1n) is 2.10. The number of imidazole rings is 1. The summed E-state index contributed by atoms with van der Waals surface area (Å²) < 4.78 is 25.4. The molecule has 0 spiro atoms. The van der Waals surface area contributed by atoms with Crippen LogP contribution in [0.3, 0.4) is 0 Å². The number of aromatic amines is 1. The molecule has 7 heteroatoms. The smallest absolute Gasteiger partial charge is 0.0919 e. The summed E-state index contributed by atoms with van der Waals surface area (Å²) in [5.74, 6) is 0. The van der Waals surface area contributed by atoms with Crippen LogP contribution in [-0.2, 0) is 20.0 Å². The van der Waals surface area contributed by atoms with Gasteiger partial charge in [-0.05, 0) is 0 Å². The van der Waals surface area contributed by atoms with Crippen LogP contribution < -0.4 is 0 Å². The molecule has 0 amide bonds. The van der Waals surface area contributed by atoms with Gasteiger partial charge in [-0.25, -0.2) is 4.98 Å². The normalized spacial score (nSPS) is 9.80. The molecule has 0 bridgehead atoms. The molecule has 10 heavy (non-hydrogen) atoms. The quantitative estimate of drug-likeness (QED) is 0.637. The van der Waals surface area contributed by atoms with Crippen LogP contribution in [0.5, 0.6) is 0 Å². The molecule has 0 saturated carbocycles. The van der Waals surface area contributed by atoms with Gasteiger partial charge in [0.1, 0.15) is 0 Å². The van der Waals surface area contributed by atoms with Gasteiger partial charge in [-0.1, -0.05) is 0 Å². The molecular formula is C3H5ClCrN2O3. The van der Waals surface area contributed by atoms with E-state index in [0.717, 1.165) is 0 Å². The number of hydrogen-bond donors (Lipinski definition) is 2. The fourth-order valence-electron chi connectivity index (χ4n) is 0.215. The molecule has 1 rings (SSSR count). The molecule has 1 heterocycles. The maximum atomic E-state index is 9.03. The first-order valence-corrected chi connectivity index (χ1v) is 5.46. The van der Waals surface area contributed by atoms with E-state index in [1.807, 2.05) is 0 Å². The Hall–Kier alpha value is -0.408. The Kier molecular flexibility index (Phi) is 4.23. The van der Waals surface area contributed by atoms with Crippen LogP contribution >= 0.6 is 10.0 Å². The molecule has 0 fully saturated rings. The van der Waals surface area contributed by atoms with Crippen molar-refractivity contribution in [1.29, 1.82) is 0 Å². The summed E-state index contributed by atoms with van der Waals surface area (Å²) in [6.07, 6.45) is 5.08. The number of nitrogens with zero attached hydrogens (tertiary/aromatic N) is 1. The van der Waals surface area contributed by atoms with Crippen LogP contribution in [-0.4, -0.2) is 14.1 Å². The molecule has 1 aromatic rings. The maximum absolute atomic E-state index is 9.03. The minimum atomic E-state index is -4.78. The summed E-state index contributed by atoms with van der Waals surface area (Å²) in [4.78, 5) is 6.42. The first-order chi connectivity index (χ1) is 4.50. The molecule has 0 radical (unpaired) electrons. The number of halogens is 1. The van der Waals surface area contributed by atoms with E-state index in [-0.39, 0.29) is 0 Å². The minimum Gasteiger partial charge on any atom is -0.351 e. The number of rotatable bonds is 0. The van der Waals surface area contributed by atoms with Gasteiger partial charge in [0.15, 0.2) is 0 Å². The zero-order valence-electron chi connectivity index (χ0n) is 4.73. The van der Waals surface area contributed by atoms with Crippen LogP contribution in [0.15, 0.2) is 18.7 Å². The second-order valence-electron chi connectivity index (χ2n) is 1.17. The third-order valence-corrected chi connectivity index (χ3v) is 0.406. The Bertz CT molecular complexity index is 218. The summed E-state index contributed by atoms with van der Waals surface area (Å²) in [5.41, 5.74) is 0. The Morgan fingerprint density at radius 1 is 1.60 bits per heavy atom. The van der Waals surface area contributed by atoms with Crippen molar-refractivity contribution in [1.82, 2.24) is 9.97 Å². The van der Waals surface area contributed by atoms with Crippen molar-refractivity contribution >= 4 is 10.0 Å². The molecule has 5 nitrogen and oxygen atoms in total. The van der Waals surface area contributed by atoms with E-state index in [1.54, 1.807) is 18.7 Å². The maximum Gasteiger partial charge on any atom is 0.0919 e. The number of hydrogen-bond acceptors (Lipinski definition) is 3. The number of aromatic nitrogens is 2. The van der Waals surface area contributed by atoms with Gasteiger partial charge < -0.3 is 4.98 Å². The predicted octanol–water partition coefficient (Wildman–Crippen LogP) is 0.302. The second kappa shape index (κ2) is 4.41. The molecule has 0 aromatic carbocycles. The molecule has 0 aliphatic rings. The van der Waals surface area contributed by atoms with Crippen molar-refractivity contribution in [3.8, 4) is 0 Å². The summed E-state index contributed by atoms with van der Waals surface area (Å²) in [7, 11) is 4.13. The van der Waals surface area contributed by atoms with Gasteiger partial charge in [-0.15, -0.1) is 0 Å². The molecule has 58 valence electrons. The molecule has 0 atom stereocenters. The minimum absolute atomic E-state index is 1.62. The number of nitrogens with one attached hydrogen (secondary N) is 1. The summed E-state index contributed by atoms with van der Waals surface area (Å²) in [5, 5.41) is 0. The predicted molar refractivity (Wildman–Crippen MR) is 28.0 cm³/mol. The van der Waals surface area contributed by atoms with E-state index in [2.05, 4.69) is 20.0 Å². The van der Waals surface area contributed by atoms with Crippen molar-refractivity contribution in [2.75, 3.05) is 0 Å². The van der Waals surface area contributed by atoms with Crippen LogP contribution in [0.25, 0.3) is 0 Å². The first kappa shape index (κ1) is 9.59. The van der Waals surface area contributed by atoms with Crippen molar-refractivity contribution in [2.24, 2.45) is 0 Å². The fraction of sp³-hybridized carbons (Fsp3) is 0. The molecule has 0 saturated heterocycles. The van der Waals surface area contributed by atoms with Crippen LogP contribution in [0, 0.1) is 0 Å². The molecule has 1 aromatic heterocycles. The van der Waals surface area contributed by atoms with E-state index in [1.165, 1.54) is 0 Å². The topological polar surface area (TPSA) is 83.0 Å². The Morgan fingerprint density at radius 2 is 2.10 bits per heavy atom. The van der Waals surface area contributed by atoms with Crippen LogP contribution in [0.1, 0.15) is 0 Å². The van der Waals surface area contributed by atoms with E-state index >= 15 is 0 Å². The molecule has 0 aliphatic carbocycles. The fourth-order valence-corrected chi connectivity index (χ4v) is 0.215. The third kappa shape index (κ3) is 15.6. The van der Waals surface area contributed by atoms with Gasteiger partial charge in [0.05, 0.1) is 6.33 Å². The van der Waals surface area contributed by atoms with E-state index < -0.39 is 12.4 Å². The van der Waals surface area contributed by atoms with Gasteiger partial charge in [-0.3, -0.25) is 0 Å².